The summed E-state index contributed by atoms with van der Waals surface area (Å²) in [5.41, 5.74) is 0.293. The van der Waals surface area contributed by atoms with Crippen LogP contribution in [0.1, 0.15) is 10.4 Å². The minimum atomic E-state index is -1.09. The number of urea groups is 1. The van der Waals surface area contributed by atoms with Gasteiger partial charge in [0.1, 0.15) is 0 Å². The van der Waals surface area contributed by atoms with Crippen LogP contribution in [0.15, 0.2) is 18.2 Å². The molecule has 2 amide bonds. The van der Waals surface area contributed by atoms with Crippen LogP contribution in [-0.2, 0) is 0 Å². The molecule has 6 heteroatoms. The van der Waals surface area contributed by atoms with Crippen molar-refractivity contribution < 1.29 is 14.7 Å². The lowest BCUT2D eigenvalue weighted by molar-refractivity contribution is 0.0698. The third-order valence-electron chi connectivity index (χ3n) is 2.13. The molecular formula is C12H11IN2O3. The fourth-order valence-electron chi connectivity index (χ4n) is 1.22. The summed E-state index contributed by atoms with van der Waals surface area (Å²) in [5, 5.41) is 11.6. The Morgan fingerprint density at radius 3 is 2.78 bits per heavy atom. The highest BCUT2D eigenvalue weighted by Crippen LogP contribution is 2.19. The summed E-state index contributed by atoms with van der Waals surface area (Å²) in [7, 11) is 1.53. The Bertz CT molecular complexity index is 523. The fraction of sp³-hybridized carbons (Fsp3) is 0.167. The monoisotopic (exact) mass is 358 g/mol. The van der Waals surface area contributed by atoms with E-state index in [1.54, 1.807) is 12.1 Å². The molecule has 0 saturated heterocycles. The van der Waals surface area contributed by atoms with Gasteiger partial charge in [0, 0.05) is 10.6 Å². The van der Waals surface area contributed by atoms with Gasteiger partial charge < -0.3 is 15.3 Å². The Balaban J connectivity index is 2.95. The van der Waals surface area contributed by atoms with Gasteiger partial charge in [-0.1, -0.05) is 5.92 Å². The van der Waals surface area contributed by atoms with E-state index in [9.17, 15) is 9.59 Å². The Hall–Kier alpha value is -1.75. The lowest BCUT2D eigenvalue weighted by Gasteiger charge is -2.16. The molecule has 0 heterocycles. The number of halogens is 1. The van der Waals surface area contributed by atoms with Crippen molar-refractivity contribution in [3.63, 3.8) is 0 Å². The molecule has 0 spiro atoms. The smallest absolute Gasteiger partial charge is 0.337 e. The third-order valence-corrected chi connectivity index (χ3v) is 2.80. The number of nitrogens with zero attached hydrogens (tertiary/aromatic N) is 1. The van der Waals surface area contributed by atoms with Crippen LogP contribution in [-0.4, -0.2) is 35.6 Å². The predicted molar refractivity (Wildman–Crippen MR) is 76.6 cm³/mol. The summed E-state index contributed by atoms with van der Waals surface area (Å²) in [4.78, 5) is 24.0. The molecule has 0 saturated carbocycles. The second-order valence-electron chi connectivity index (χ2n) is 3.49. The van der Waals surface area contributed by atoms with Crippen molar-refractivity contribution in [2.45, 2.75) is 0 Å². The van der Waals surface area contributed by atoms with Crippen molar-refractivity contribution in [3.8, 4) is 12.3 Å². The predicted octanol–water partition coefficient (Wildman–Crippen LogP) is 2.09. The maximum absolute atomic E-state index is 11.7. The van der Waals surface area contributed by atoms with Crippen molar-refractivity contribution in [2.75, 3.05) is 18.9 Å². The number of hydrogen-bond acceptors (Lipinski definition) is 2. The number of aromatic carboxylic acids is 1. The van der Waals surface area contributed by atoms with Crippen LogP contribution in [0, 0.1) is 15.9 Å². The number of amides is 2. The van der Waals surface area contributed by atoms with Crippen molar-refractivity contribution in [1.82, 2.24) is 4.90 Å². The Labute approximate surface area is 118 Å². The summed E-state index contributed by atoms with van der Waals surface area (Å²) < 4.78 is 0.778. The van der Waals surface area contributed by atoms with Crippen molar-refractivity contribution in [3.05, 3.63) is 27.3 Å². The zero-order valence-electron chi connectivity index (χ0n) is 9.61. The first-order chi connectivity index (χ1) is 8.45. The molecule has 0 atom stereocenters. The Morgan fingerprint density at radius 1 is 1.56 bits per heavy atom. The SMILES string of the molecule is C#CCN(C)C(=O)Nc1ccc(I)cc1C(=O)O. The number of nitrogens with one attached hydrogen (secondary N) is 1. The van der Waals surface area contributed by atoms with E-state index < -0.39 is 12.0 Å². The Morgan fingerprint density at radius 2 is 2.22 bits per heavy atom. The molecule has 2 N–H and O–H groups in total. The summed E-state index contributed by atoms with van der Waals surface area (Å²) in [6.45, 7) is 0.151. The van der Waals surface area contributed by atoms with Crippen LogP contribution in [0.5, 0.6) is 0 Å². The number of rotatable bonds is 3. The van der Waals surface area contributed by atoms with E-state index >= 15 is 0 Å². The van der Waals surface area contributed by atoms with Gasteiger partial charge in [-0.05, 0) is 40.8 Å². The van der Waals surface area contributed by atoms with Gasteiger partial charge in [-0.15, -0.1) is 6.42 Å². The van der Waals surface area contributed by atoms with E-state index in [1.807, 2.05) is 22.6 Å². The van der Waals surface area contributed by atoms with E-state index in [0.29, 0.717) is 0 Å². The van der Waals surface area contributed by atoms with Gasteiger partial charge in [0.25, 0.3) is 0 Å². The van der Waals surface area contributed by atoms with Crippen molar-refractivity contribution in [1.29, 1.82) is 0 Å². The second-order valence-corrected chi connectivity index (χ2v) is 4.73. The van der Waals surface area contributed by atoms with Gasteiger partial charge in [0.2, 0.25) is 0 Å². The van der Waals surface area contributed by atoms with Crippen LogP contribution >= 0.6 is 22.6 Å². The van der Waals surface area contributed by atoms with Crippen molar-refractivity contribution >= 4 is 40.3 Å². The quantitative estimate of drug-likeness (QED) is 0.642. The van der Waals surface area contributed by atoms with E-state index in [2.05, 4.69) is 11.2 Å². The first kappa shape index (κ1) is 14.3. The molecule has 1 aromatic rings. The van der Waals surface area contributed by atoms with Crippen molar-refractivity contribution in [2.24, 2.45) is 0 Å². The van der Waals surface area contributed by atoms with Gasteiger partial charge in [0.05, 0.1) is 17.8 Å². The van der Waals surface area contributed by atoms with E-state index in [0.717, 1.165) is 3.57 Å². The molecule has 0 unspecified atom stereocenters. The minimum absolute atomic E-state index is 0.0457. The molecule has 0 aromatic heterocycles. The van der Waals surface area contributed by atoms with Crippen LogP contribution in [0.2, 0.25) is 0 Å². The standard InChI is InChI=1S/C12H11IN2O3/c1-3-6-15(2)12(18)14-10-5-4-8(13)7-9(10)11(16)17/h1,4-5,7H,6H2,2H3,(H,14,18)(H,16,17). The highest BCUT2D eigenvalue weighted by molar-refractivity contribution is 14.1. The molecule has 1 rings (SSSR count). The largest absolute Gasteiger partial charge is 0.478 e. The van der Waals surface area contributed by atoms with Gasteiger partial charge >= 0.3 is 12.0 Å². The van der Waals surface area contributed by atoms with Gasteiger partial charge in [-0.25, -0.2) is 9.59 Å². The van der Waals surface area contributed by atoms with Crippen LogP contribution in [0.4, 0.5) is 10.5 Å². The van der Waals surface area contributed by atoms with E-state index in [4.69, 9.17) is 11.5 Å². The average Bonchev–Trinajstić information content (AvgIpc) is 2.31. The second kappa shape index (κ2) is 6.26. The first-order valence-electron chi connectivity index (χ1n) is 4.94. The number of carbonyl (C=O) groups is 2. The molecule has 0 aliphatic rings. The summed E-state index contributed by atoms with van der Waals surface area (Å²) in [6, 6.07) is 4.30. The molecule has 0 aliphatic carbocycles. The summed E-state index contributed by atoms with van der Waals surface area (Å²) in [6.07, 6.45) is 5.09. The number of terminal acetylenes is 1. The lowest BCUT2D eigenvalue weighted by atomic mass is 10.2. The molecule has 5 nitrogen and oxygen atoms in total. The molecule has 0 bridgehead atoms. The number of anilines is 1. The zero-order chi connectivity index (χ0) is 13.7. The molecule has 0 aliphatic heterocycles. The number of carboxylic acids is 1. The van der Waals surface area contributed by atoms with Gasteiger partial charge in [-0.2, -0.15) is 0 Å². The van der Waals surface area contributed by atoms with Crippen LogP contribution in [0.25, 0.3) is 0 Å². The maximum Gasteiger partial charge on any atom is 0.337 e. The Kier molecular flexibility index (Phi) is 4.97. The van der Waals surface area contributed by atoms with Crippen LogP contribution in [0.3, 0.4) is 0 Å². The highest BCUT2D eigenvalue weighted by Gasteiger charge is 2.14. The van der Waals surface area contributed by atoms with E-state index in [1.165, 1.54) is 18.0 Å². The molecule has 94 valence electrons. The summed E-state index contributed by atoms with van der Waals surface area (Å²) >= 11 is 2.00. The number of benzene rings is 1. The topological polar surface area (TPSA) is 69.6 Å². The zero-order valence-corrected chi connectivity index (χ0v) is 11.8. The van der Waals surface area contributed by atoms with Crippen LogP contribution < -0.4 is 5.32 Å². The lowest BCUT2D eigenvalue weighted by Crippen LogP contribution is -2.32. The minimum Gasteiger partial charge on any atom is -0.478 e. The highest BCUT2D eigenvalue weighted by atomic mass is 127. The number of carbonyl (C=O) groups excluding carboxylic acids is 1. The number of carboxylic acid groups (broad SMARTS) is 1. The average molecular weight is 358 g/mol. The van der Waals surface area contributed by atoms with Gasteiger partial charge in [-0.3, -0.25) is 0 Å². The molecular weight excluding hydrogens is 347 g/mol. The first-order valence-corrected chi connectivity index (χ1v) is 6.02. The molecule has 0 fully saturated rings. The third kappa shape index (κ3) is 3.63. The normalized spacial score (nSPS) is 9.39. The van der Waals surface area contributed by atoms with E-state index in [-0.39, 0.29) is 17.8 Å². The molecule has 0 radical (unpaired) electrons. The molecule has 18 heavy (non-hydrogen) atoms. The van der Waals surface area contributed by atoms with Gasteiger partial charge in [0.15, 0.2) is 0 Å². The fourth-order valence-corrected chi connectivity index (χ4v) is 1.71. The summed E-state index contributed by atoms with van der Waals surface area (Å²) in [5.74, 6) is 1.23. The molecule has 1 aromatic carbocycles. The number of hydrogen-bond donors (Lipinski definition) is 2. The maximum atomic E-state index is 11.7.